The molecule has 1 heterocycles. The number of hydrogen-bond acceptors (Lipinski definition) is 2. The van der Waals surface area contributed by atoms with Crippen LogP contribution in [0.4, 0.5) is 0 Å². The minimum absolute atomic E-state index is 0.624. The van der Waals surface area contributed by atoms with Gasteiger partial charge in [0.25, 0.3) is 0 Å². The lowest BCUT2D eigenvalue weighted by atomic mass is 10.1. The quantitative estimate of drug-likeness (QED) is 0.586. The molecule has 0 fully saturated rings. The van der Waals surface area contributed by atoms with Crippen molar-refractivity contribution in [3.05, 3.63) is 65.2 Å². The zero-order valence-corrected chi connectivity index (χ0v) is 10.0. The van der Waals surface area contributed by atoms with Gasteiger partial charge in [0.2, 0.25) is 0 Å². The molecule has 18 heavy (non-hydrogen) atoms. The van der Waals surface area contributed by atoms with Gasteiger partial charge in [0, 0.05) is 12.0 Å². The molecule has 0 spiro atoms. The summed E-state index contributed by atoms with van der Waals surface area (Å²) in [4.78, 5) is 10.1. The summed E-state index contributed by atoms with van der Waals surface area (Å²) in [5.74, 6) is 0.832. The van der Waals surface area contributed by atoms with Crippen LogP contribution in [0.5, 0.6) is 5.75 Å². The summed E-state index contributed by atoms with van der Waals surface area (Å²) in [5, 5.41) is 0. The normalized spacial score (nSPS) is 14.2. The van der Waals surface area contributed by atoms with E-state index in [4.69, 9.17) is 9.78 Å². The number of rotatable bonds is 2. The predicted octanol–water partition coefficient (Wildman–Crippen LogP) is 3.72. The van der Waals surface area contributed by atoms with Gasteiger partial charge < -0.3 is 4.89 Å². The Morgan fingerprint density at radius 3 is 2.61 bits per heavy atom. The highest BCUT2D eigenvalue weighted by Crippen LogP contribution is 2.25. The molecule has 3 rings (SSSR count). The van der Waals surface area contributed by atoms with Crippen molar-refractivity contribution in [3.63, 3.8) is 0 Å². The summed E-state index contributed by atoms with van der Waals surface area (Å²) < 4.78 is 0. The number of hydrogen-bond donors (Lipinski definition) is 0. The fourth-order valence-corrected chi connectivity index (χ4v) is 1.99. The van der Waals surface area contributed by atoms with Crippen LogP contribution < -0.4 is 4.89 Å². The molecular weight excluding hydrogens is 224 g/mol. The van der Waals surface area contributed by atoms with Crippen LogP contribution >= 0.6 is 0 Å². The van der Waals surface area contributed by atoms with Crippen LogP contribution in [0.3, 0.4) is 0 Å². The molecule has 0 unspecified atom stereocenters. The molecule has 1 aliphatic heterocycles. The summed E-state index contributed by atoms with van der Waals surface area (Å²) in [5.41, 5.74) is 3.59. The molecule has 0 aliphatic carbocycles. The van der Waals surface area contributed by atoms with Gasteiger partial charge in [-0.3, -0.25) is 0 Å². The maximum absolute atomic E-state index is 5.12. The Hall–Kier alpha value is -2.06. The Kier molecular flexibility index (Phi) is 3.11. The lowest BCUT2D eigenvalue weighted by Gasteiger charge is -2.15. The lowest BCUT2D eigenvalue weighted by molar-refractivity contribution is -0.215. The Labute approximate surface area is 106 Å². The van der Waals surface area contributed by atoms with Gasteiger partial charge in [-0.05, 0) is 23.3 Å². The third-order valence-electron chi connectivity index (χ3n) is 2.96. The van der Waals surface area contributed by atoms with Crippen molar-refractivity contribution in [2.45, 2.75) is 6.42 Å². The van der Waals surface area contributed by atoms with Crippen molar-refractivity contribution in [3.8, 4) is 5.75 Å². The average Bonchev–Trinajstić information content (AvgIpc) is 2.46. The molecule has 1 aliphatic rings. The van der Waals surface area contributed by atoms with E-state index in [0.29, 0.717) is 6.61 Å². The van der Waals surface area contributed by atoms with Gasteiger partial charge in [-0.1, -0.05) is 48.6 Å². The van der Waals surface area contributed by atoms with Crippen LogP contribution in [0.25, 0.3) is 12.2 Å². The highest BCUT2D eigenvalue weighted by Gasteiger charge is 2.10. The topological polar surface area (TPSA) is 18.5 Å². The van der Waals surface area contributed by atoms with Crippen molar-refractivity contribution < 1.29 is 9.78 Å². The van der Waals surface area contributed by atoms with E-state index < -0.39 is 0 Å². The standard InChI is InChI=1S/C16H14O2/c1-2-4-13(5-3-1)6-7-14-8-9-16-15(12-14)10-11-17-18-16/h1-9,12H,10-11H2. The second-order valence-corrected chi connectivity index (χ2v) is 4.27. The summed E-state index contributed by atoms with van der Waals surface area (Å²) in [6, 6.07) is 16.4. The van der Waals surface area contributed by atoms with E-state index in [1.165, 1.54) is 16.7 Å². The molecule has 0 N–H and O–H groups in total. The fourth-order valence-electron chi connectivity index (χ4n) is 1.99. The van der Waals surface area contributed by atoms with Gasteiger partial charge in [0.15, 0.2) is 5.75 Å². The zero-order valence-electron chi connectivity index (χ0n) is 10.0. The monoisotopic (exact) mass is 238 g/mol. The molecule has 0 bridgehead atoms. The van der Waals surface area contributed by atoms with Crippen molar-refractivity contribution >= 4 is 12.2 Å². The molecule has 90 valence electrons. The van der Waals surface area contributed by atoms with E-state index in [9.17, 15) is 0 Å². The fraction of sp³-hybridized carbons (Fsp3) is 0.125. The highest BCUT2D eigenvalue weighted by atomic mass is 17.2. The first-order chi connectivity index (χ1) is 8.92. The molecular formula is C16H14O2. The van der Waals surface area contributed by atoms with Crippen LogP contribution in [0.1, 0.15) is 16.7 Å². The van der Waals surface area contributed by atoms with Gasteiger partial charge in [-0.2, -0.15) is 4.89 Å². The molecule has 2 nitrogen and oxygen atoms in total. The third kappa shape index (κ3) is 2.44. The first kappa shape index (κ1) is 11.1. The summed E-state index contributed by atoms with van der Waals surface area (Å²) >= 11 is 0. The first-order valence-corrected chi connectivity index (χ1v) is 6.07. The lowest BCUT2D eigenvalue weighted by Crippen LogP contribution is -2.10. The minimum Gasteiger partial charge on any atom is -0.337 e. The average molecular weight is 238 g/mol. The molecule has 0 saturated carbocycles. The van der Waals surface area contributed by atoms with Gasteiger partial charge in [-0.25, -0.2) is 0 Å². The van der Waals surface area contributed by atoms with E-state index in [0.717, 1.165) is 12.2 Å². The van der Waals surface area contributed by atoms with Gasteiger partial charge in [0.05, 0.1) is 6.61 Å². The maximum Gasteiger partial charge on any atom is 0.168 e. The van der Waals surface area contributed by atoms with Crippen LogP contribution in [-0.4, -0.2) is 6.61 Å². The van der Waals surface area contributed by atoms with Crippen molar-refractivity contribution in [1.29, 1.82) is 0 Å². The van der Waals surface area contributed by atoms with Crippen molar-refractivity contribution in [2.75, 3.05) is 6.61 Å². The minimum atomic E-state index is 0.624. The van der Waals surface area contributed by atoms with E-state index in [2.05, 4.69) is 30.4 Å². The Morgan fingerprint density at radius 1 is 0.889 bits per heavy atom. The van der Waals surface area contributed by atoms with Gasteiger partial charge >= 0.3 is 0 Å². The van der Waals surface area contributed by atoms with Crippen LogP contribution in [0.2, 0.25) is 0 Å². The van der Waals surface area contributed by atoms with Crippen molar-refractivity contribution in [1.82, 2.24) is 0 Å². The summed E-state index contributed by atoms with van der Waals surface area (Å²) in [6.45, 7) is 0.624. The van der Waals surface area contributed by atoms with Gasteiger partial charge in [-0.15, -0.1) is 0 Å². The summed E-state index contributed by atoms with van der Waals surface area (Å²) in [6.07, 6.45) is 5.13. The molecule has 0 radical (unpaired) electrons. The second kappa shape index (κ2) is 5.07. The molecule has 2 aromatic rings. The van der Waals surface area contributed by atoms with Crippen LogP contribution in [-0.2, 0) is 11.3 Å². The van der Waals surface area contributed by atoms with Crippen LogP contribution in [0, 0.1) is 0 Å². The van der Waals surface area contributed by atoms with E-state index in [1.54, 1.807) is 0 Å². The SMILES string of the molecule is C(=Cc1ccc2c(c1)CCOO2)c1ccccc1. The second-order valence-electron chi connectivity index (χ2n) is 4.27. The predicted molar refractivity (Wildman–Crippen MR) is 72.1 cm³/mol. The number of benzene rings is 2. The largest absolute Gasteiger partial charge is 0.337 e. The van der Waals surface area contributed by atoms with E-state index >= 15 is 0 Å². The highest BCUT2D eigenvalue weighted by molar-refractivity contribution is 5.70. The van der Waals surface area contributed by atoms with E-state index in [1.807, 2.05) is 30.3 Å². The molecule has 0 saturated heterocycles. The molecule has 2 heteroatoms. The molecule has 0 amide bonds. The maximum atomic E-state index is 5.12. The smallest absolute Gasteiger partial charge is 0.168 e. The zero-order chi connectivity index (χ0) is 12.2. The summed E-state index contributed by atoms with van der Waals surface area (Å²) in [7, 11) is 0. The van der Waals surface area contributed by atoms with Crippen LogP contribution in [0.15, 0.2) is 48.5 Å². The first-order valence-electron chi connectivity index (χ1n) is 6.07. The van der Waals surface area contributed by atoms with E-state index in [-0.39, 0.29) is 0 Å². The molecule has 0 atom stereocenters. The molecule has 2 aromatic carbocycles. The molecule has 0 aromatic heterocycles. The van der Waals surface area contributed by atoms with Crippen molar-refractivity contribution in [2.24, 2.45) is 0 Å². The Balaban J connectivity index is 1.83. The Morgan fingerprint density at radius 2 is 1.72 bits per heavy atom. The third-order valence-corrected chi connectivity index (χ3v) is 2.96. The van der Waals surface area contributed by atoms with Gasteiger partial charge in [0.1, 0.15) is 0 Å². The Bertz CT molecular complexity index is 559. The number of fused-ring (bicyclic) bond motifs is 1.